The number of carbonyl (C=O) groups excluding carboxylic acids is 2. The molecule has 2 amide bonds. The van der Waals surface area contributed by atoms with Gasteiger partial charge < -0.3 is 5.32 Å². The highest BCUT2D eigenvalue weighted by molar-refractivity contribution is 7.89. The van der Waals surface area contributed by atoms with Crippen LogP contribution in [-0.2, 0) is 20.6 Å². The molecule has 6 nitrogen and oxygen atoms in total. The summed E-state index contributed by atoms with van der Waals surface area (Å²) in [4.78, 5) is 25.0. The summed E-state index contributed by atoms with van der Waals surface area (Å²) in [6.07, 6.45) is 0. The molecular weight excluding hydrogens is 388 g/mol. The van der Waals surface area contributed by atoms with Gasteiger partial charge in [0.05, 0.1) is 5.75 Å². The van der Waals surface area contributed by atoms with E-state index in [0.29, 0.717) is 21.1 Å². The fraction of sp³-hybridized carbons (Fsp3) is 0.0909. The van der Waals surface area contributed by atoms with Crippen LogP contribution in [0.3, 0.4) is 0 Å². The second-order valence-electron chi connectivity index (χ2n) is 6.72. The molecule has 3 aromatic carbocycles. The van der Waals surface area contributed by atoms with E-state index in [9.17, 15) is 18.0 Å². The van der Waals surface area contributed by atoms with Crippen LogP contribution in [0.15, 0.2) is 78.9 Å². The lowest BCUT2D eigenvalue weighted by atomic mass is 10.1. The molecule has 0 aliphatic carbocycles. The van der Waals surface area contributed by atoms with Crippen molar-refractivity contribution < 1.29 is 18.0 Å². The second-order valence-corrected chi connectivity index (χ2v) is 8.61. The van der Waals surface area contributed by atoms with Crippen molar-refractivity contribution in [3.63, 3.8) is 0 Å². The first kappa shape index (κ1) is 18.9. The predicted octanol–water partition coefficient (Wildman–Crippen LogP) is 3.28. The Labute approximate surface area is 168 Å². The van der Waals surface area contributed by atoms with Gasteiger partial charge >= 0.3 is 0 Å². The smallest absolute Gasteiger partial charge is 0.268 e. The van der Waals surface area contributed by atoms with Crippen LogP contribution in [0.2, 0.25) is 0 Å². The van der Waals surface area contributed by atoms with Crippen LogP contribution in [0.4, 0.5) is 5.69 Å². The average Bonchev–Trinajstić information content (AvgIpc) is 2.72. The van der Waals surface area contributed by atoms with Crippen LogP contribution in [0.5, 0.6) is 0 Å². The SMILES string of the molecule is O=C(CN1C(=O)c2ccccc2CS1(=O)=O)Nc1ccc(-c2ccccc2)cc1. The quantitative estimate of drug-likeness (QED) is 0.721. The highest BCUT2D eigenvalue weighted by Gasteiger charge is 2.36. The van der Waals surface area contributed by atoms with Gasteiger partial charge in [0.1, 0.15) is 6.54 Å². The summed E-state index contributed by atoms with van der Waals surface area (Å²) >= 11 is 0. The summed E-state index contributed by atoms with van der Waals surface area (Å²) in [6.45, 7) is -0.560. The van der Waals surface area contributed by atoms with E-state index >= 15 is 0 Å². The first-order chi connectivity index (χ1) is 13.9. The molecule has 1 heterocycles. The van der Waals surface area contributed by atoms with Gasteiger partial charge in [-0.15, -0.1) is 0 Å². The number of hydrogen-bond acceptors (Lipinski definition) is 4. The fourth-order valence-electron chi connectivity index (χ4n) is 3.27. The van der Waals surface area contributed by atoms with Gasteiger partial charge in [-0.3, -0.25) is 9.59 Å². The number of anilines is 1. The van der Waals surface area contributed by atoms with Crippen molar-refractivity contribution >= 4 is 27.5 Å². The van der Waals surface area contributed by atoms with Crippen molar-refractivity contribution in [1.82, 2.24) is 4.31 Å². The van der Waals surface area contributed by atoms with Crippen LogP contribution >= 0.6 is 0 Å². The van der Waals surface area contributed by atoms with Gasteiger partial charge in [-0.25, -0.2) is 12.7 Å². The maximum atomic E-state index is 12.6. The molecule has 0 unspecified atom stereocenters. The highest BCUT2D eigenvalue weighted by atomic mass is 32.2. The number of carbonyl (C=O) groups is 2. The Morgan fingerprint density at radius 1 is 0.862 bits per heavy atom. The van der Waals surface area contributed by atoms with E-state index in [2.05, 4.69) is 5.32 Å². The Kier molecular flexibility index (Phi) is 4.90. The topological polar surface area (TPSA) is 83.6 Å². The van der Waals surface area contributed by atoms with E-state index in [1.54, 1.807) is 36.4 Å². The van der Waals surface area contributed by atoms with E-state index < -0.39 is 28.4 Å². The Morgan fingerprint density at radius 3 is 2.21 bits per heavy atom. The number of nitrogens with zero attached hydrogens (tertiary/aromatic N) is 1. The summed E-state index contributed by atoms with van der Waals surface area (Å²) in [5, 5.41) is 2.65. The van der Waals surface area contributed by atoms with Gasteiger partial charge in [-0.1, -0.05) is 60.7 Å². The van der Waals surface area contributed by atoms with Gasteiger partial charge in [0, 0.05) is 11.3 Å². The van der Waals surface area contributed by atoms with Crippen molar-refractivity contribution in [2.24, 2.45) is 0 Å². The second kappa shape index (κ2) is 7.52. The van der Waals surface area contributed by atoms with Gasteiger partial charge in [0.15, 0.2) is 0 Å². The normalized spacial score (nSPS) is 14.9. The molecular formula is C22H18N2O4S. The number of fused-ring (bicyclic) bond motifs is 1. The molecule has 0 fully saturated rings. The third-order valence-electron chi connectivity index (χ3n) is 4.71. The van der Waals surface area contributed by atoms with Gasteiger partial charge in [-0.2, -0.15) is 0 Å². The molecule has 0 atom stereocenters. The molecule has 0 aromatic heterocycles. The molecule has 0 saturated heterocycles. The zero-order chi connectivity index (χ0) is 20.4. The number of rotatable bonds is 4. The zero-order valence-electron chi connectivity index (χ0n) is 15.4. The molecule has 1 aliphatic rings. The molecule has 7 heteroatoms. The minimum absolute atomic E-state index is 0.298. The molecule has 1 N–H and O–H groups in total. The minimum atomic E-state index is -3.89. The third kappa shape index (κ3) is 3.90. The van der Waals surface area contributed by atoms with Crippen LogP contribution < -0.4 is 5.32 Å². The van der Waals surface area contributed by atoms with Crippen LogP contribution in [0.25, 0.3) is 11.1 Å². The number of amides is 2. The van der Waals surface area contributed by atoms with Crippen LogP contribution in [0.1, 0.15) is 15.9 Å². The highest BCUT2D eigenvalue weighted by Crippen LogP contribution is 2.25. The molecule has 0 spiro atoms. The Hall–Kier alpha value is -3.45. The molecule has 4 rings (SSSR count). The van der Waals surface area contributed by atoms with Gasteiger partial charge in [0.2, 0.25) is 15.9 Å². The molecule has 29 heavy (non-hydrogen) atoms. The first-order valence-corrected chi connectivity index (χ1v) is 10.6. The van der Waals surface area contributed by atoms with E-state index in [0.717, 1.165) is 11.1 Å². The largest absolute Gasteiger partial charge is 0.325 e. The lowest BCUT2D eigenvalue weighted by Gasteiger charge is -2.27. The molecule has 1 aliphatic heterocycles. The molecule has 0 saturated carbocycles. The predicted molar refractivity (Wildman–Crippen MR) is 111 cm³/mol. The number of nitrogens with one attached hydrogen (secondary N) is 1. The maximum absolute atomic E-state index is 12.6. The number of hydrogen-bond donors (Lipinski definition) is 1. The average molecular weight is 406 g/mol. The third-order valence-corrected chi connectivity index (χ3v) is 6.35. The molecule has 146 valence electrons. The van der Waals surface area contributed by atoms with E-state index in [1.807, 2.05) is 42.5 Å². The lowest BCUT2D eigenvalue weighted by molar-refractivity contribution is -0.116. The summed E-state index contributed by atoms with van der Waals surface area (Å²) in [5.41, 5.74) is 3.33. The monoisotopic (exact) mass is 406 g/mol. The van der Waals surface area contributed by atoms with Crippen molar-refractivity contribution in [3.8, 4) is 11.1 Å². The van der Waals surface area contributed by atoms with Crippen molar-refractivity contribution in [1.29, 1.82) is 0 Å². The summed E-state index contributed by atoms with van der Waals surface area (Å²) in [7, 11) is -3.89. The van der Waals surface area contributed by atoms with Crippen molar-refractivity contribution in [3.05, 3.63) is 90.0 Å². The molecule has 3 aromatic rings. The summed E-state index contributed by atoms with van der Waals surface area (Å²) in [5.74, 6) is -1.55. The van der Waals surface area contributed by atoms with Crippen molar-refractivity contribution in [2.75, 3.05) is 11.9 Å². The maximum Gasteiger partial charge on any atom is 0.268 e. The van der Waals surface area contributed by atoms with Gasteiger partial charge in [-0.05, 0) is 34.9 Å². The minimum Gasteiger partial charge on any atom is -0.325 e. The molecule has 0 radical (unpaired) electrons. The van der Waals surface area contributed by atoms with E-state index in [4.69, 9.17) is 0 Å². The lowest BCUT2D eigenvalue weighted by Crippen LogP contribution is -2.45. The van der Waals surface area contributed by atoms with Gasteiger partial charge in [0.25, 0.3) is 5.91 Å². The fourth-order valence-corrected chi connectivity index (χ4v) is 4.73. The summed E-state index contributed by atoms with van der Waals surface area (Å²) < 4.78 is 25.6. The first-order valence-electron chi connectivity index (χ1n) is 9.02. The van der Waals surface area contributed by atoms with E-state index in [1.165, 1.54) is 0 Å². The number of benzene rings is 3. The molecule has 0 bridgehead atoms. The van der Waals surface area contributed by atoms with E-state index in [-0.39, 0.29) is 5.75 Å². The summed E-state index contributed by atoms with van der Waals surface area (Å²) in [6, 6.07) is 23.5. The zero-order valence-corrected chi connectivity index (χ0v) is 16.2. The standard InChI is InChI=1S/C22H18N2O4S/c25-21(23-19-12-10-17(11-13-19)16-6-2-1-3-7-16)14-24-22(26)20-9-5-4-8-18(20)15-29(24,27)28/h1-13H,14-15H2,(H,23,25). The number of sulfonamides is 1. The Morgan fingerprint density at radius 2 is 1.48 bits per heavy atom. The van der Waals surface area contributed by atoms with Crippen molar-refractivity contribution in [2.45, 2.75) is 5.75 Å². The van der Waals surface area contributed by atoms with Crippen LogP contribution in [-0.4, -0.2) is 31.1 Å². The Balaban J connectivity index is 1.48. The Bertz CT molecular complexity index is 1170. The van der Waals surface area contributed by atoms with Crippen LogP contribution in [0, 0.1) is 0 Å².